The Hall–Kier alpha value is -0.410. The van der Waals surface area contributed by atoms with Crippen LogP contribution in [-0.4, -0.2) is 11.5 Å². The van der Waals surface area contributed by atoms with Gasteiger partial charge in [-0.3, -0.25) is 4.98 Å². The summed E-state index contributed by atoms with van der Waals surface area (Å²) in [7, 11) is 0. The Kier molecular flexibility index (Phi) is 5.99. The fraction of sp³-hybridized carbons (Fsp3) is 0.615. The highest BCUT2D eigenvalue weighted by atomic mass is 79.9. The summed E-state index contributed by atoms with van der Waals surface area (Å²) in [5.41, 5.74) is 1.28. The molecule has 3 heteroatoms. The SMILES string of the molecule is CCCC(C)C(NCC)c1cncc(Br)c1. The maximum Gasteiger partial charge on any atom is 0.0410 e. The van der Waals surface area contributed by atoms with Crippen LogP contribution >= 0.6 is 15.9 Å². The molecule has 0 amide bonds. The number of hydrogen-bond acceptors (Lipinski definition) is 2. The maximum absolute atomic E-state index is 4.24. The second-order valence-corrected chi connectivity index (χ2v) is 5.15. The second-order valence-electron chi connectivity index (χ2n) is 4.24. The number of nitrogens with one attached hydrogen (secondary N) is 1. The van der Waals surface area contributed by atoms with E-state index in [1.165, 1.54) is 18.4 Å². The molecule has 0 fully saturated rings. The van der Waals surface area contributed by atoms with Gasteiger partial charge in [0.25, 0.3) is 0 Å². The van der Waals surface area contributed by atoms with Gasteiger partial charge >= 0.3 is 0 Å². The molecule has 1 N–H and O–H groups in total. The van der Waals surface area contributed by atoms with Crippen LogP contribution in [0.15, 0.2) is 22.9 Å². The smallest absolute Gasteiger partial charge is 0.0410 e. The highest BCUT2D eigenvalue weighted by Gasteiger charge is 2.17. The van der Waals surface area contributed by atoms with E-state index in [2.05, 4.69) is 53.1 Å². The highest BCUT2D eigenvalue weighted by molar-refractivity contribution is 9.10. The quantitative estimate of drug-likeness (QED) is 0.856. The summed E-state index contributed by atoms with van der Waals surface area (Å²) in [4.78, 5) is 4.24. The van der Waals surface area contributed by atoms with E-state index in [0.29, 0.717) is 12.0 Å². The Balaban J connectivity index is 2.83. The molecule has 0 saturated heterocycles. The van der Waals surface area contributed by atoms with E-state index in [0.717, 1.165) is 11.0 Å². The average molecular weight is 285 g/mol. The molecule has 2 nitrogen and oxygen atoms in total. The van der Waals surface area contributed by atoms with E-state index in [9.17, 15) is 0 Å². The standard InChI is InChI=1S/C13H21BrN2/c1-4-6-10(3)13(16-5-2)11-7-12(14)9-15-8-11/h7-10,13,16H,4-6H2,1-3H3. The molecule has 0 spiro atoms. The van der Waals surface area contributed by atoms with Crippen LogP contribution in [0.5, 0.6) is 0 Å². The van der Waals surface area contributed by atoms with E-state index < -0.39 is 0 Å². The molecule has 1 aromatic rings. The average Bonchev–Trinajstić information content (AvgIpc) is 2.26. The van der Waals surface area contributed by atoms with Gasteiger partial charge in [0.2, 0.25) is 0 Å². The topological polar surface area (TPSA) is 24.9 Å². The van der Waals surface area contributed by atoms with Crippen LogP contribution in [0, 0.1) is 5.92 Å². The third-order valence-corrected chi connectivity index (χ3v) is 3.26. The van der Waals surface area contributed by atoms with Crippen molar-refractivity contribution in [3.8, 4) is 0 Å². The zero-order valence-corrected chi connectivity index (χ0v) is 11.9. The molecule has 1 heterocycles. The fourth-order valence-corrected chi connectivity index (χ4v) is 2.47. The van der Waals surface area contributed by atoms with Crippen molar-refractivity contribution in [1.29, 1.82) is 0 Å². The number of rotatable bonds is 6. The zero-order valence-electron chi connectivity index (χ0n) is 10.3. The lowest BCUT2D eigenvalue weighted by Crippen LogP contribution is -2.26. The van der Waals surface area contributed by atoms with Gasteiger partial charge in [-0.1, -0.05) is 27.2 Å². The van der Waals surface area contributed by atoms with E-state index in [1.54, 1.807) is 0 Å². The van der Waals surface area contributed by atoms with Gasteiger partial charge in [0.1, 0.15) is 0 Å². The van der Waals surface area contributed by atoms with E-state index in [1.807, 2.05) is 12.4 Å². The lowest BCUT2D eigenvalue weighted by Gasteiger charge is -2.24. The van der Waals surface area contributed by atoms with Crippen LogP contribution in [0.2, 0.25) is 0 Å². The van der Waals surface area contributed by atoms with Crippen molar-refractivity contribution in [2.45, 2.75) is 39.7 Å². The van der Waals surface area contributed by atoms with Gasteiger partial charge in [-0.2, -0.15) is 0 Å². The Morgan fingerprint density at radius 3 is 2.69 bits per heavy atom. The molecule has 2 unspecified atom stereocenters. The van der Waals surface area contributed by atoms with Crippen molar-refractivity contribution in [2.75, 3.05) is 6.54 Å². The van der Waals surface area contributed by atoms with Crippen LogP contribution in [0.1, 0.15) is 45.2 Å². The molecule has 0 aliphatic rings. The Bertz CT molecular complexity index is 315. The Labute approximate surface area is 107 Å². The first kappa shape index (κ1) is 13.7. The van der Waals surface area contributed by atoms with Crippen LogP contribution in [-0.2, 0) is 0 Å². The van der Waals surface area contributed by atoms with Crippen LogP contribution < -0.4 is 5.32 Å². The minimum Gasteiger partial charge on any atom is -0.310 e. The molecule has 0 aromatic carbocycles. The molecule has 90 valence electrons. The van der Waals surface area contributed by atoms with Crippen LogP contribution in [0.4, 0.5) is 0 Å². The monoisotopic (exact) mass is 284 g/mol. The molecule has 0 aliphatic carbocycles. The first-order valence-electron chi connectivity index (χ1n) is 6.02. The number of halogens is 1. The molecule has 2 atom stereocenters. The number of pyridine rings is 1. The second kappa shape index (κ2) is 7.02. The van der Waals surface area contributed by atoms with Gasteiger partial charge in [-0.15, -0.1) is 0 Å². The largest absolute Gasteiger partial charge is 0.310 e. The molecule has 0 aliphatic heterocycles. The summed E-state index contributed by atoms with van der Waals surface area (Å²) in [5, 5.41) is 3.55. The number of nitrogens with zero attached hydrogens (tertiary/aromatic N) is 1. The minimum absolute atomic E-state index is 0.412. The first-order chi connectivity index (χ1) is 7.69. The van der Waals surface area contributed by atoms with Crippen LogP contribution in [0.3, 0.4) is 0 Å². The molecule has 0 saturated carbocycles. The summed E-state index contributed by atoms with van der Waals surface area (Å²) in [6, 6.07) is 2.57. The fourth-order valence-electron chi connectivity index (χ4n) is 2.09. The normalized spacial score (nSPS) is 14.8. The van der Waals surface area contributed by atoms with Crippen molar-refractivity contribution >= 4 is 15.9 Å². The molecule has 0 radical (unpaired) electrons. The summed E-state index contributed by atoms with van der Waals surface area (Å²) >= 11 is 3.48. The van der Waals surface area contributed by atoms with Crippen molar-refractivity contribution < 1.29 is 0 Å². The van der Waals surface area contributed by atoms with Gasteiger partial charge < -0.3 is 5.32 Å². The van der Waals surface area contributed by atoms with Gasteiger partial charge in [0, 0.05) is 22.9 Å². The predicted molar refractivity (Wildman–Crippen MR) is 72.4 cm³/mol. The van der Waals surface area contributed by atoms with Crippen molar-refractivity contribution in [3.63, 3.8) is 0 Å². The highest BCUT2D eigenvalue weighted by Crippen LogP contribution is 2.26. The summed E-state index contributed by atoms with van der Waals surface area (Å²) < 4.78 is 1.05. The molecular weight excluding hydrogens is 264 g/mol. The molecular formula is C13H21BrN2. The Morgan fingerprint density at radius 2 is 2.12 bits per heavy atom. The van der Waals surface area contributed by atoms with E-state index in [-0.39, 0.29) is 0 Å². The van der Waals surface area contributed by atoms with Gasteiger partial charge in [0.05, 0.1) is 0 Å². The molecule has 16 heavy (non-hydrogen) atoms. The maximum atomic E-state index is 4.24. The third-order valence-electron chi connectivity index (χ3n) is 2.82. The van der Waals surface area contributed by atoms with Crippen LogP contribution in [0.25, 0.3) is 0 Å². The van der Waals surface area contributed by atoms with Crippen molar-refractivity contribution in [2.24, 2.45) is 5.92 Å². The minimum atomic E-state index is 0.412. The lowest BCUT2D eigenvalue weighted by atomic mass is 9.92. The number of aromatic nitrogens is 1. The van der Waals surface area contributed by atoms with Gasteiger partial charge in [-0.25, -0.2) is 0 Å². The summed E-state index contributed by atoms with van der Waals surface area (Å²) in [5.74, 6) is 0.640. The van der Waals surface area contributed by atoms with Gasteiger partial charge in [-0.05, 0) is 46.4 Å². The molecule has 1 rings (SSSR count). The van der Waals surface area contributed by atoms with Crippen molar-refractivity contribution in [1.82, 2.24) is 10.3 Å². The summed E-state index contributed by atoms with van der Waals surface area (Å²) in [6.07, 6.45) is 6.26. The van der Waals surface area contributed by atoms with Crippen molar-refractivity contribution in [3.05, 3.63) is 28.5 Å². The Morgan fingerprint density at radius 1 is 1.38 bits per heavy atom. The van der Waals surface area contributed by atoms with Gasteiger partial charge in [0.15, 0.2) is 0 Å². The molecule has 1 aromatic heterocycles. The summed E-state index contributed by atoms with van der Waals surface area (Å²) in [6.45, 7) is 7.68. The lowest BCUT2D eigenvalue weighted by molar-refractivity contribution is 0.368. The van der Waals surface area contributed by atoms with E-state index in [4.69, 9.17) is 0 Å². The van der Waals surface area contributed by atoms with E-state index >= 15 is 0 Å². The molecule has 0 bridgehead atoms. The third kappa shape index (κ3) is 3.87. The zero-order chi connectivity index (χ0) is 12.0. The number of hydrogen-bond donors (Lipinski definition) is 1. The predicted octanol–water partition coefficient (Wildman–Crippen LogP) is 3.93. The first-order valence-corrected chi connectivity index (χ1v) is 6.82.